The van der Waals surface area contributed by atoms with Crippen LogP contribution >= 0.6 is 0 Å². The quantitative estimate of drug-likeness (QED) is 0.561. The molecule has 0 fully saturated rings. The van der Waals surface area contributed by atoms with Crippen molar-refractivity contribution in [1.29, 1.82) is 0 Å². The van der Waals surface area contributed by atoms with Crippen LogP contribution in [0.3, 0.4) is 0 Å². The fourth-order valence-corrected chi connectivity index (χ4v) is 3.16. The van der Waals surface area contributed by atoms with Crippen LogP contribution in [0.4, 0.5) is 4.39 Å². The van der Waals surface area contributed by atoms with E-state index in [1.807, 2.05) is 60.0 Å². The number of halogens is 1. The van der Waals surface area contributed by atoms with E-state index in [9.17, 15) is 9.18 Å². The first kappa shape index (κ1) is 17.9. The zero-order valence-electron chi connectivity index (χ0n) is 15.5. The summed E-state index contributed by atoms with van der Waals surface area (Å²) in [5, 5.41) is 2.90. The Hall–Kier alpha value is -3.47. The van der Waals surface area contributed by atoms with Crippen molar-refractivity contribution in [3.63, 3.8) is 0 Å². The van der Waals surface area contributed by atoms with E-state index in [0.29, 0.717) is 6.54 Å². The zero-order valence-corrected chi connectivity index (χ0v) is 15.5. The average molecular weight is 373 g/mol. The summed E-state index contributed by atoms with van der Waals surface area (Å²) in [6.45, 7) is 2.55. The van der Waals surface area contributed by atoms with Crippen molar-refractivity contribution in [3.05, 3.63) is 89.7 Å². The van der Waals surface area contributed by atoms with E-state index in [2.05, 4.69) is 5.32 Å². The lowest BCUT2D eigenvalue weighted by Gasteiger charge is -2.10. The van der Waals surface area contributed by atoms with Crippen molar-refractivity contribution < 1.29 is 9.18 Å². The fraction of sp³-hybridized carbons (Fsp3) is 0.130. The van der Waals surface area contributed by atoms with Gasteiger partial charge in [-0.2, -0.15) is 0 Å². The minimum atomic E-state index is -0.289. The third-order valence-electron chi connectivity index (χ3n) is 4.67. The van der Waals surface area contributed by atoms with E-state index < -0.39 is 0 Å². The maximum Gasteiger partial charge on any atom is 0.240 e. The van der Waals surface area contributed by atoms with Crippen molar-refractivity contribution >= 4 is 16.9 Å². The van der Waals surface area contributed by atoms with Crippen LogP contribution in [-0.4, -0.2) is 15.5 Å². The number of imidazole rings is 1. The summed E-state index contributed by atoms with van der Waals surface area (Å²) in [4.78, 5) is 17.3. The van der Waals surface area contributed by atoms with Crippen LogP contribution in [0.15, 0.2) is 72.8 Å². The van der Waals surface area contributed by atoms with Gasteiger partial charge in [0.1, 0.15) is 18.2 Å². The summed E-state index contributed by atoms with van der Waals surface area (Å²) in [5.41, 5.74) is 4.75. The standard InChI is InChI=1S/C23H20FN3O/c1-16-6-10-18(11-7-16)23-26-20-4-2-3-5-21(20)27(23)15-22(28)25-14-17-8-12-19(24)13-9-17/h2-13H,14-15H2,1H3,(H,25,28). The summed E-state index contributed by atoms with van der Waals surface area (Å²) in [6.07, 6.45) is 0. The summed E-state index contributed by atoms with van der Waals surface area (Å²) in [5.74, 6) is 0.349. The zero-order chi connectivity index (χ0) is 19.5. The molecule has 0 aliphatic carbocycles. The molecule has 0 aliphatic rings. The molecule has 1 N–H and O–H groups in total. The second kappa shape index (κ2) is 7.64. The van der Waals surface area contributed by atoms with Crippen molar-refractivity contribution in [3.8, 4) is 11.4 Å². The van der Waals surface area contributed by atoms with Gasteiger partial charge in [0, 0.05) is 12.1 Å². The van der Waals surface area contributed by atoms with Crippen LogP contribution < -0.4 is 5.32 Å². The van der Waals surface area contributed by atoms with Crippen LogP contribution in [0, 0.1) is 12.7 Å². The third-order valence-corrected chi connectivity index (χ3v) is 4.67. The Morgan fingerprint density at radius 1 is 1.00 bits per heavy atom. The SMILES string of the molecule is Cc1ccc(-c2nc3ccccc3n2CC(=O)NCc2ccc(F)cc2)cc1. The van der Waals surface area contributed by atoms with Gasteiger partial charge in [0.15, 0.2) is 0 Å². The highest BCUT2D eigenvalue weighted by atomic mass is 19.1. The highest BCUT2D eigenvalue weighted by Crippen LogP contribution is 2.25. The largest absolute Gasteiger partial charge is 0.350 e. The lowest BCUT2D eigenvalue weighted by Crippen LogP contribution is -2.27. The number of hydrogen-bond donors (Lipinski definition) is 1. The van der Waals surface area contributed by atoms with Gasteiger partial charge in [0.2, 0.25) is 5.91 Å². The monoisotopic (exact) mass is 373 g/mol. The first-order valence-corrected chi connectivity index (χ1v) is 9.13. The molecule has 4 rings (SSSR count). The van der Waals surface area contributed by atoms with Crippen LogP contribution in [0.5, 0.6) is 0 Å². The number of aromatic nitrogens is 2. The van der Waals surface area contributed by atoms with Crippen LogP contribution in [0.1, 0.15) is 11.1 Å². The molecular weight excluding hydrogens is 353 g/mol. The fourth-order valence-electron chi connectivity index (χ4n) is 3.16. The molecule has 0 radical (unpaired) electrons. The highest BCUT2D eigenvalue weighted by molar-refractivity contribution is 5.84. The Labute approximate surface area is 162 Å². The molecule has 0 spiro atoms. The molecule has 140 valence electrons. The maximum atomic E-state index is 13.0. The second-order valence-corrected chi connectivity index (χ2v) is 6.78. The van der Waals surface area contributed by atoms with Crippen molar-refractivity contribution in [2.24, 2.45) is 0 Å². The minimum absolute atomic E-state index is 0.124. The normalized spacial score (nSPS) is 10.9. The average Bonchev–Trinajstić information content (AvgIpc) is 3.07. The number of rotatable bonds is 5. The Morgan fingerprint density at radius 3 is 2.46 bits per heavy atom. The minimum Gasteiger partial charge on any atom is -0.350 e. The molecule has 3 aromatic carbocycles. The van der Waals surface area contributed by atoms with Crippen LogP contribution in [0.2, 0.25) is 0 Å². The molecule has 5 heteroatoms. The topological polar surface area (TPSA) is 46.9 Å². The number of amides is 1. The number of carbonyl (C=O) groups is 1. The molecule has 1 heterocycles. The number of fused-ring (bicyclic) bond motifs is 1. The first-order chi connectivity index (χ1) is 13.6. The first-order valence-electron chi connectivity index (χ1n) is 9.13. The van der Waals surface area contributed by atoms with Gasteiger partial charge < -0.3 is 9.88 Å². The number of nitrogens with zero attached hydrogens (tertiary/aromatic N) is 2. The Balaban J connectivity index is 1.59. The summed E-state index contributed by atoms with van der Waals surface area (Å²) in [7, 11) is 0. The number of hydrogen-bond acceptors (Lipinski definition) is 2. The van der Waals surface area contributed by atoms with E-state index in [4.69, 9.17) is 4.98 Å². The Morgan fingerprint density at radius 2 is 1.71 bits per heavy atom. The smallest absolute Gasteiger partial charge is 0.240 e. The maximum absolute atomic E-state index is 13.0. The molecule has 0 bridgehead atoms. The Bertz CT molecular complexity index is 1120. The van der Waals surface area contributed by atoms with Gasteiger partial charge in [-0.1, -0.05) is 54.1 Å². The van der Waals surface area contributed by atoms with E-state index >= 15 is 0 Å². The van der Waals surface area contributed by atoms with Gasteiger partial charge in [-0.05, 0) is 36.8 Å². The highest BCUT2D eigenvalue weighted by Gasteiger charge is 2.15. The predicted octanol–water partition coefficient (Wildman–Crippen LogP) is 4.47. The molecule has 0 unspecified atom stereocenters. The molecular formula is C23H20FN3O. The summed E-state index contributed by atoms with van der Waals surface area (Å²) >= 11 is 0. The number of para-hydroxylation sites is 2. The second-order valence-electron chi connectivity index (χ2n) is 6.78. The van der Waals surface area contributed by atoms with Crippen molar-refractivity contribution in [1.82, 2.24) is 14.9 Å². The van der Waals surface area contributed by atoms with Gasteiger partial charge in [-0.15, -0.1) is 0 Å². The number of benzene rings is 3. The molecule has 0 aliphatic heterocycles. The third kappa shape index (κ3) is 3.78. The lowest BCUT2D eigenvalue weighted by atomic mass is 10.1. The molecule has 1 amide bonds. The van der Waals surface area contributed by atoms with Gasteiger partial charge in [0.05, 0.1) is 11.0 Å². The van der Waals surface area contributed by atoms with E-state index in [1.54, 1.807) is 12.1 Å². The van der Waals surface area contributed by atoms with Gasteiger partial charge in [0.25, 0.3) is 0 Å². The number of nitrogens with one attached hydrogen (secondary N) is 1. The summed E-state index contributed by atoms with van der Waals surface area (Å²) in [6, 6.07) is 22.0. The summed E-state index contributed by atoms with van der Waals surface area (Å²) < 4.78 is 14.9. The molecule has 0 saturated heterocycles. The molecule has 28 heavy (non-hydrogen) atoms. The van der Waals surface area contributed by atoms with E-state index in [1.165, 1.54) is 17.7 Å². The van der Waals surface area contributed by atoms with Crippen LogP contribution in [-0.2, 0) is 17.9 Å². The molecule has 0 saturated carbocycles. The van der Waals surface area contributed by atoms with Crippen LogP contribution in [0.25, 0.3) is 22.4 Å². The molecule has 4 nitrogen and oxygen atoms in total. The predicted molar refractivity (Wildman–Crippen MR) is 108 cm³/mol. The van der Waals surface area contributed by atoms with Gasteiger partial charge >= 0.3 is 0 Å². The Kier molecular flexibility index (Phi) is 4.89. The van der Waals surface area contributed by atoms with E-state index in [0.717, 1.165) is 28.0 Å². The van der Waals surface area contributed by atoms with Gasteiger partial charge in [-0.3, -0.25) is 4.79 Å². The van der Waals surface area contributed by atoms with Crippen molar-refractivity contribution in [2.75, 3.05) is 0 Å². The number of carbonyl (C=O) groups excluding carboxylic acids is 1. The molecule has 0 atom stereocenters. The van der Waals surface area contributed by atoms with Gasteiger partial charge in [-0.25, -0.2) is 9.37 Å². The lowest BCUT2D eigenvalue weighted by molar-refractivity contribution is -0.121. The molecule has 4 aromatic rings. The molecule has 1 aromatic heterocycles. The van der Waals surface area contributed by atoms with E-state index in [-0.39, 0.29) is 18.3 Å². The number of aryl methyl sites for hydroxylation is 1. The van der Waals surface area contributed by atoms with Crippen molar-refractivity contribution in [2.45, 2.75) is 20.0 Å².